The number of methoxy groups -OCH3 is 1. The number of carbonyl (C=O) groups excluding carboxylic acids is 1. The van der Waals surface area contributed by atoms with Gasteiger partial charge >= 0.3 is 12.0 Å². The third-order valence-corrected chi connectivity index (χ3v) is 3.56. The summed E-state index contributed by atoms with van der Waals surface area (Å²) in [5, 5.41) is 5.47. The number of ether oxygens (including phenoxy) is 2. The number of nitrogens with zero attached hydrogens (tertiary/aromatic N) is 4. The van der Waals surface area contributed by atoms with E-state index in [9.17, 15) is 4.79 Å². The van der Waals surface area contributed by atoms with Crippen LogP contribution in [0.3, 0.4) is 0 Å². The molecule has 2 heterocycles. The Labute approximate surface area is 145 Å². The largest absolute Gasteiger partial charge is 0.467 e. The van der Waals surface area contributed by atoms with Crippen LogP contribution in [0.5, 0.6) is 6.01 Å². The number of aromatic nitrogens is 3. The molecule has 0 bridgehead atoms. The van der Waals surface area contributed by atoms with Crippen LogP contribution < -0.4 is 20.3 Å². The molecule has 0 spiro atoms. The number of rotatable bonds is 5. The van der Waals surface area contributed by atoms with E-state index in [0.717, 1.165) is 0 Å². The summed E-state index contributed by atoms with van der Waals surface area (Å²) in [6, 6.07) is 9.08. The molecule has 0 unspecified atom stereocenters. The van der Waals surface area contributed by atoms with Crippen LogP contribution in [-0.4, -0.2) is 54.4 Å². The van der Waals surface area contributed by atoms with Gasteiger partial charge in [-0.2, -0.15) is 15.0 Å². The fourth-order valence-electron chi connectivity index (χ4n) is 2.32. The average molecular weight is 344 g/mol. The molecule has 25 heavy (non-hydrogen) atoms. The molecule has 0 radical (unpaired) electrons. The van der Waals surface area contributed by atoms with E-state index in [1.165, 1.54) is 7.11 Å². The number of anilines is 2. The minimum absolute atomic E-state index is 0.162. The topological polar surface area (TPSA) is 102 Å². The number of morpholine rings is 1. The molecule has 1 saturated heterocycles. The minimum Gasteiger partial charge on any atom is -0.467 e. The van der Waals surface area contributed by atoms with Crippen LogP contribution in [-0.2, 0) is 11.3 Å². The highest BCUT2D eigenvalue weighted by atomic mass is 16.5. The van der Waals surface area contributed by atoms with Crippen LogP contribution in [0.2, 0.25) is 0 Å². The number of urea groups is 1. The summed E-state index contributed by atoms with van der Waals surface area (Å²) in [5.74, 6) is 0.951. The van der Waals surface area contributed by atoms with Gasteiger partial charge in [-0.1, -0.05) is 18.2 Å². The zero-order valence-corrected chi connectivity index (χ0v) is 13.9. The molecule has 132 valence electrons. The highest BCUT2D eigenvalue weighted by molar-refractivity contribution is 5.89. The maximum Gasteiger partial charge on any atom is 0.321 e. The molecule has 0 saturated carbocycles. The fourth-order valence-corrected chi connectivity index (χ4v) is 2.32. The van der Waals surface area contributed by atoms with E-state index in [1.54, 1.807) is 0 Å². The predicted molar refractivity (Wildman–Crippen MR) is 91.7 cm³/mol. The summed E-state index contributed by atoms with van der Waals surface area (Å²) in [4.78, 5) is 26.8. The lowest BCUT2D eigenvalue weighted by atomic mass is 10.3. The van der Waals surface area contributed by atoms with E-state index >= 15 is 0 Å². The molecular weight excluding hydrogens is 324 g/mol. The summed E-state index contributed by atoms with van der Waals surface area (Å²) in [7, 11) is 1.50. The maximum absolute atomic E-state index is 12.0. The second kappa shape index (κ2) is 8.25. The Hall–Kier alpha value is -2.94. The Bertz CT molecular complexity index is 706. The molecule has 1 aliphatic heterocycles. The van der Waals surface area contributed by atoms with Gasteiger partial charge in [0.1, 0.15) is 0 Å². The van der Waals surface area contributed by atoms with E-state index in [0.29, 0.717) is 43.8 Å². The van der Waals surface area contributed by atoms with Crippen molar-refractivity contribution in [3.8, 4) is 6.01 Å². The van der Waals surface area contributed by atoms with Crippen LogP contribution in [0.1, 0.15) is 5.82 Å². The molecule has 1 fully saturated rings. The second-order valence-corrected chi connectivity index (χ2v) is 5.31. The first-order chi connectivity index (χ1) is 12.2. The molecule has 2 N–H and O–H groups in total. The van der Waals surface area contributed by atoms with Gasteiger partial charge in [-0.3, -0.25) is 0 Å². The predicted octanol–water partition coefficient (Wildman–Crippen LogP) is 1.04. The Kier molecular flexibility index (Phi) is 5.57. The summed E-state index contributed by atoms with van der Waals surface area (Å²) in [6.45, 7) is 2.82. The van der Waals surface area contributed by atoms with E-state index in [4.69, 9.17) is 9.47 Å². The number of benzene rings is 1. The first kappa shape index (κ1) is 16.9. The van der Waals surface area contributed by atoms with Crippen molar-refractivity contribution in [1.82, 2.24) is 20.3 Å². The van der Waals surface area contributed by atoms with Gasteiger partial charge < -0.3 is 25.0 Å². The average Bonchev–Trinajstić information content (AvgIpc) is 2.67. The molecular formula is C16H20N6O3. The number of hydrogen-bond donors (Lipinski definition) is 2. The third kappa shape index (κ3) is 4.77. The van der Waals surface area contributed by atoms with E-state index < -0.39 is 0 Å². The molecule has 1 aromatic heterocycles. The van der Waals surface area contributed by atoms with Crippen LogP contribution in [0.15, 0.2) is 30.3 Å². The first-order valence-corrected chi connectivity index (χ1v) is 7.96. The number of amides is 2. The van der Waals surface area contributed by atoms with Gasteiger partial charge in [0.05, 0.1) is 26.9 Å². The van der Waals surface area contributed by atoms with Crippen molar-refractivity contribution in [2.45, 2.75) is 6.54 Å². The van der Waals surface area contributed by atoms with Gasteiger partial charge in [-0.15, -0.1) is 0 Å². The van der Waals surface area contributed by atoms with Gasteiger partial charge in [0.15, 0.2) is 5.82 Å². The van der Waals surface area contributed by atoms with Gasteiger partial charge in [-0.05, 0) is 12.1 Å². The maximum atomic E-state index is 12.0. The molecule has 1 aliphatic rings. The van der Waals surface area contributed by atoms with E-state index in [2.05, 4.69) is 25.6 Å². The lowest BCUT2D eigenvalue weighted by Crippen LogP contribution is -2.38. The summed E-state index contributed by atoms with van der Waals surface area (Å²) < 4.78 is 10.5. The van der Waals surface area contributed by atoms with E-state index in [1.807, 2.05) is 35.2 Å². The smallest absolute Gasteiger partial charge is 0.321 e. The third-order valence-electron chi connectivity index (χ3n) is 3.56. The summed E-state index contributed by atoms with van der Waals surface area (Å²) >= 11 is 0. The zero-order valence-electron chi connectivity index (χ0n) is 13.9. The Morgan fingerprint density at radius 2 is 1.96 bits per heavy atom. The van der Waals surface area contributed by atoms with Crippen LogP contribution >= 0.6 is 0 Å². The lowest BCUT2D eigenvalue weighted by molar-refractivity contribution is 0.122. The van der Waals surface area contributed by atoms with Crippen molar-refractivity contribution >= 4 is 17.7 Å². The summed E-state index contributed by atoms with van der Waals surface area (Å²) in [5.41, 5.74) is 0.710. The zero-order chi connectivity index (χ0) is 17.5. The Morgan fingerprint density at radius 3 is 2.68 bits per heavy atom. The fraction of sp³-hybridized carbons (Fsp3) is 0.375. The van der Waals surface area contributed by atoms with Gasteiger partial charge in [0, 0.05) is 18.8 Å². The van der Waals surface area contributed by atoms with Crippen LogP contribution in [0, 0.1) is 0 Å². The number of para-hydroxylation sites is 1. The summed E-state index contributed by atoms with van der Waals surface area (Å²) in [6.07, 6.45) is 0. The molecule has 0 aliphatic carbocycles. The number of carbonyl (C=O) groups is 1. The molecule has 0 atom stereocenters. The SMILES string of the molecule is COc1nc(CNC(=O)Nc2ccccc2)nc(N2CCOCC2)n1. The first-order valence-electron chi connectivity index (χ1n) is 7.96. The van der Waals surface area contributed by atoms with Gasteiger partial charge in [0.2, 0.25) is 5.95 Å². The highest BCUT2D eigenvalue weighted by Crippen LogP contribution is 2.13. The molecule has 9 heteroatoms. The molecule has 1 aromatic carbocycles. The van der Waals surface area contributed by atoms with Crippen molar-refractivity contribution in [2.75, 3.05) is 43.6 Å². The van der Waals surface area contributed by atoms with Crippen molar-refractivity contribution in [2.24, 2.45) is 0 Å². The van der Waals surface area contributed by atoms with Gasteiger partial charge in [-0.25, -0.2) is 4.79 Å². The molecule has 9 nitrogen and oxygen atoms in total. The van der Waals surface area contributed by atoms with Crippen LogP contribution in [0.4, 0.5) is 16.4 Å². The molecule has 3 rings (SSSR count). The van der Waals surface area contributed by atoms with Crippen molar-refractivity contribution < 1.29 is 14.3 Å². The van der Waals surface area contributed by atoms with E-state index in [-0.39, 0.29) is 18.6 Å². The number of hydrogen-bond acceptors (Lipinski definition) is 7. The van der Waals surface area contributed by atoms with Crippen molar-refractivity contribution in [3.63, 3.8) is 0 Å². The quantitative estimate of drug-likeness (QED) is 0.835. The lowest BCUT2D eigenvalue weighted by Gasteiger charge is -2.26. The second-order valence-electron chi connectivity index (χ2n) is 5.31. The highest BCUT2D eigenvalue weighted by Gasteiger charge is 2.17. The Balaban J connectivity index is 1.63. The van der Waals surface area contributed by atoms with Crippen molar-refractivity contribution in [1.29, 1.82) is 0 Å². The standard InChI is InChI=1S/C16H20N6O3/c1-24-16-20-13(19-14(21-16)22-7-9-25-10-8-22)11-17-15(23)18-12-5-3-2-4-6-12/h2-6H,7-11H2,1H3,(H2,17,18,23). The Morgan fingerprint density at radius 1 is 1.20 bits per heavy atom. The van der Waals surface area contributed by atoms with Crippen molar-refractivity contribution in [3.05, 3.63) is 36.2 Å². The molecule has 2 aromatic rings. The molecule has 2 amide bonds. The minimum atomic E-state index is -0.335. The monoisotopic (exact) mass is 344 g/mol. The number of nitrogens with one attached hydrogen (secondary N) is 2. The van der Waals surface area contributed by atoms with Crippen LogP contribution in [0.25, 0.3) is 0 Å². The normalized spacial score (nSPS) is 14.0. The van der Waals surface area contributed by atoms with Gasteiger partial charge in [0.25, 0.3) is 0 Å².